The van der Waals surface area contributed by atoms with E-state index in [1.807, 2.05) is 60.7 Å². The van der Waals surface area contributed by atoms with E-state index >= 15 is 0 Å². The molecule has 2 heterocycles. The second kappa shape index (κ2) is 11.4. The van der Waals surface area contributed by atoms with E-state index in [9.17, 15) is 15.8 Å². The first-order chi connectivity index (χ1) is 24.7. The zero-order valence-corrected chi connectivity index (χ0v) is 26.7. The van der Waals surface area contributed by atoms with Crippen molar-refractivity contribution in [1.29, 1.82) is 15.8 Å². The molecule has 0 fully saturated rings. The van der Waals surface area contributed by atoms with Crippen LogP contribution in [-0.2, 0) is 0 Å². The van der Waals surface area contributed by atoms with Gasteiger partial charge in [-0.1, -0.05) is 84.9 Å². The number of hydrogen-bond donors (Lipinski definition) is 0. The van der Waals surface area contributed by atoms with E-state index in [1.54, 1.807) is 0 Å². The van der Waals surface area contributed by atoms with Gasteiger partial charge in [0.2, 0.25) is 0 Å². The van der Waals surface area contributed by atoms with Gasteiger partial charge in [-0.2, -0.15) is 15.8 Å². The highest BCUT2D eigenvalue weighted by Gasteiger charge is 2.21. The molecule has 50 heavy (non-hydrogen) atoms. The van der Waals surface area contributed by atoms with Crippen LogP contribution in [0.3, 0.4) is 0 Å². The summed E-state index contributed by atoms with van der Waals surface area (Å²) in [7, 11) is 0. The van der Waals surface area contributed by atoms with Crippen LogP contribution in [0, 0.1) is 34.0 Å². The Morgan fingerprint density at radius 3 is 1.80 bits per heavy atom. The molecule has 0 bridgehead atoms. The minimum atomic E-state index is 0.532. The molecule has 2 aromatic heterocycles. The molecule has 9 aromatic rings. The molecule has 0 aliphatic heterocycles. The Bertz CT molecular complexity index is 2920. The van der Waals surface area contributed by atoms with Gasteiger partial charge in [0.05, 0.1) is 62.7 Å². The molecule has 0 aliphatic rings. The average molecular weight is 636 g/mol. The fourth-order valence-corrected chi connectivity index (χ4v) is 7.57. The first-order valence-corrected chi connectivity index (χ1v) is 16.3. The fourth-order valence-electron chi connectivity index (χ4n) is 7.57. The van der Waals surface area contributed by atoms with Crippen LogP contribution in [0.15, 0.2) is 152 Å². The minimum absolute atomic E-state index is 0.532. The van der Waals surface area contributed by atoms with E-state index in [0.717, 1.165) is 66.5 Å². The van der Waals surface area contributed by atoms with Crippen molar-refractivity contribution in [3.8, 4) is 51.8 Å². The predicted octanol–water partition coefficient (Wildman–Crippen LogP) is 10.8. The number of nitriles is 3. The largest absolute Gasteiger partial charge is 0.309 e. The fraction of sp³-hybridized carbons (Fsp3) is 0. The first kappa shape index (κ1) is 28.8. The standard InChI is InChI=1S/C45H25N5/c46-26-29-22-23-42-38(24-29)45-32(28-48)12-9-21-43(45)50(42)41-20-6-3-16-36(41)37-17-8-11-31(27-47)44(37)30-10-7-13-33(25-30)49-39-18-4-1-14-34(39)35-15-2-5-19-40(35)49/h1-25H. The van der Waals surface area contributed by atoms with Crippen LogP contribution >= 0.6 is 0 Å². The summed E-state index contributed by atoms with van der Waals surface area (Å²) in [5.41, 5.74) is 11.2. The Morgan fingerprint density at radius 2 is 1.04 bits per heavy atom. The maximum absolute atomic E-state index is 10.5. The third kappa shape index (κ3) is 4.24. The van der Waals surface area contributed by atoms with Gasteiger partial charge in [-0.25, -0.2) is 0 Å². The summed E-state index contributed by atoms with van der Waals surface area (Å²) in [4.78, 5) is 0. The van der Waals surface area contributed by atoms with Gasteiger partial charge in [0.25, 0.3) is 0 Å². The lowest BCUT2D eigenvalue weighted by atomic mass is 9.90. The van der Waals surface area contributed by atoms with Gasteiger partial charge in [0, 0.05) is 38.4 Å². The summed E-state index contributed by atoms with van der Waals surface area (Å²) in [6.45, 7) is 0. The van der Waals surface area contributed by atoms with Gasteiger partial charge in [-0.15, -0.1) is 0 Å². The monoisotopic (exact) mass is 635 g/mol. The van der Waals surface area contributed by atoms with Gasteiger partial charge in [-0.05, 0) is 77.9 Å². The van der Waals surface area contributed by atoms with Crippen LogP contribution in [0.2, 0.25) is 0 Å². The summed E-state index contributed by atoms with van der Waals surface area (Å²) in [5, 5.41) is 34.4. The molecule has 7 aromatic carbocycles. The molecular formula is C45H25N5. The second-order valence-electron chi connectivity index (χ2n) is 12.3. The highest BCUT2D eigenvalue weighted by Crippen LogP contribution is 2.42. The number of fused-ring (bicyclic) bond motifs is 6. The first-order valence-electron chi connectivity index (χ1n) is 16.3. The Hall–Kier alpha value is -7.39. The van der Waals surface area contributed by atoms with Gasteiger partial charge in [0.15, 0.2) is 0 Å². The number of aromatic nitrogens is 2. The topological polar surface area (TPSA) is 81.2 Å². The Labute approximate surface area is 287 Å². The van der Waals surface area contributed by atoms with Crippen molar-refractivity contribution in [3.05, 3.63) is 168 Å². The molecule has 9 rings (SSSR count). The number of nitrogens with zero attached hydrogens (tertiary/aromatic N) is 5. The lowest BCUT2D eigenvalue weighted by Gasteiger charge is -2.18. The summed E-state index contributed by atoms with van der Waals surface area (Å²) < 4.78 is 4.45. The summed E-state index contributed by atoms with van der Waals surface area (Å²) in [5.74, 6) is 0. The molecule has 0 amide bonds. The molecule has 0 saturated heterocycles. The van der Waals surface area contributed by atoms with Crippen molar-refractivity contribution in [2.75, 3.05) is 0 Å². The quantitative estimate of drug-likeness (QED) is 0.193. The van der Waals surface area contributed by atoms with E-state index in [-0.39, 0.29) is 0 Å². The lowest BCUT2D eigenvalue weighted by Crippen LogP contribution is -2.00. The number of hydrogen-bond acceptors (Lipinski definition) is 3. The molecule has 0 unspecified atom stereocenters. The predicted molar refractivity (Wildman–Crippen MR) is 200 cm³/mol. The summed E-state index contributed by atoms with van der Waals surface area (Å²) >= 11 is 0. The highest BCUT2D eigenvalue weighted by molar-refractivity contribution is 6.13. The maximum atomic E-state index is 10.5. The Morgan fingerprint density at radius 1 is 0.420 bits per heavy atom. The van der Waals surface area contributed by atoms with Crippen LogP contribution in [0.25, 0.3) is 77.2 Å². The number of rotatable bonds is 4. The summed E-state index contributed by atoms with van der Waals surface area (Å²) in [6.07, 6.45) is 0. The van der Waals surface area contributed by atoms with Gasteiger partial charge >= 0.3 is 0 Å². The molecule has 0 atom stereocenters. The molecule has 230 valence electrons. The van der Waals surface area contributed by atoms with Gasteiger partial charge < -0.3 is 9.13 Å². The molecule has 5 heteroatoms. The van der Waals surface area contributed by atoms with Crippen molar-refractivity contribution in [2.24, 2.45) is 0 Å². The van der Waals surface area contributed by atoms with Crippen molar-refractivity contribution in [2.45, 2.75) is 0 Å². The Balaban J connectivity index is 1.31. The van der Waals surface area contributed by atoms with Crippen LogP contribution in [0.1, 0.15) is 16.7 Å². The van der Waals surface area contributed by atoms with E-state index in [0.29, 0.717) is 16.7 Å². The van der Waals surface area contributed by atoms with Gasteiger partial charge in [0.1, 0.15) is 0 Å². The molecular weight excluding hydrogens is 611 g/mol. The third-order valence-corrected chi connectivity index (χ3v) is 9.63. The van der Waals surface area contributed by atoms with Crippen LogP contribution in [0.4, 0.5) is 0 Å². The van der Waals surface area contributed by atoms with Crippen molar-refractivity contribution in [1.82, 2.24) is 9.13 Å². The average Bonchev–Trinajstić information content (AvgIpc) is 3.70. The number of para-hydroxylation sites is 3. The summed E-state index contributed by atoms with van der Waals surface area (Å²) in [6, 6.07) is 57.8. The molecule has 0 aliphatic carbocycles. The maximum Gasteiger partial charge on any atom is 0.0998 e. The zero-order valence-electron chi connectivity index (χ0n) is 26.7. The van der Waals surface area contributed by atoms with Gasteiger partial charge in [-0.3, -0.25) is 0 Å². The lowest BCUT2D eigenvalue weighted by molar-refractivity contribution is 1.18. The van der Waals surface area contributed by atoms with Crippen molar-refractivity contribution < 1.29 is 0 Å². The van der Waals surface area contributed by atoms with Crippen molar-refractivity contribution >= 4 is 43.6 Å². The van der Waals surface area contributed by atoms with Crippen LogP contribution in [0.5, 0.6) is 0 Å². The zero-order chi connectivity index (χ0) is 33.8. The number of benzene rings is 7. The van der Waals surface area contributed by atoms with Crippen LogP contribution in [-0.4, -0.2) is 9.13 Å². The van der Waals surface area contributed by atoms with E-state index in [4.69, 9.17) is 0 Å². The highest BCUT2D eigenvalue weighted by atomic mass is 15.0. The smallest absolute Gasteiger partial charge is 0.0998 e. The van der Waals surface area contributed by atoms with E-state index < -0.39 is 0 Å². The molecule has 0 radical (unpaired) electrons. The SMILES string of the molecule is N#Cc1ccc2c(c1)c1c(C#N)cccc1n2-c1ccccc1-c1cccc(C#N)c1-c1cccc(-n2c3ccccc3c3ccccc32)c1. The van der Waals surface area contributed by atoms with Crippen LogP contribution < -0.4 is 0 Å². The Kier molecular flexibility index (Phi) is 6.56. The second-order valence-corrected chi connectivity index (χ2v) is 12.3. The van der Waals surface area contributed by atoms with E-state index in [1.165, 1.54) is 10.8 Å². The molecule has 5 nitrogen and oxygen atoms in total. The third-order valence-electron chi connectivity index (χ3n) is 9.63. The molecule has 0 saturated carbocycles. The van der Waals surface area contributed by atoms with E-state index in [2.05, 4.69) is 118 Å². The van der Waals surface area contributed by atoms with Crippen molar-refractivity contribution in [3.63, 3.8) is 0 Å². The normalized spacial score (nSPS) is 11.1. The minimum Gasteiger partial charge on any atom is -0.309 e. The molecule has 0 spiro atoms. The molecule has 0 N–H and O–H groups in total.